The Labute approximate surface area is 298 Å². The highest BCUT2D eigenvalue weighted by Crippen LogP contribution is 2.41. The molecule has 3 heterocycles. The molecule has 1 saturated heterocycles. The number of carbonyl (C=O) groups excluding carboxylic acids is 2. The minimum atomic E-state index is -3.17. The minimum Gasteiger partial charge on any atom is -0.371 e. The van der Waals surface area contributed by atoms with E-state index in [9.17, 15) is 22.6 Å². The molecule has 280 valence electrons. The zero-order chi connectivity index (χ0) is 37.7. The van der Waals surface area contributed by atoms with E-state index in [1.165, 1.54) is 43.3 Å². The van der Waals surface area contributed by atoms with Crippen LogP contribution in [0.5, 0.6) is 0 Å². The number of methoxy groups -OCH3 is 1. The number of alkyl halides is 2. The van der Waals surface area contributed by atoms with Crippen LogP contribution in [-0.2, 0) is 43.1 Å². The first-order chi connectivity index (χ1) is 23.6. The Balaban J connectivity index is 0.00000268. The largest absolute Gasteiger partial charge is 0.371 e. The fourth-order valence-corrected chi connectivity index (χ4v) is 6.00. The fraction of sp³-hybridized carbons (Fsp3) is 0.697. The Kier molecular flexibility index (Phi) is 23.8. The zero-order valence-electron chi connectivity index (χ0n) is 31.2. The van der Waals surface area contributed by atoms with Crippen molar-refractivity contribution in [2.24, 2.45) is 10.2 Å². The van der Waals surface area contributed by atoms with Gasteiger partial charge in [-0.2, -0.15) is 8.78 Å². The molecule has 0 spiro atoms. The smallest absolute Gasteiger partial charge is 0.330 e. The van der Waals surface area contributed by atoms with Gasteiger partial charge >= 0.3 is 5.76 Å². The van der Waals surface area contributed by atoms with Gasteiger partial charge in [-0.05, 0) is 64.3 Å². The number of nitrogens with zero attached hydrogens (tertiary/aromatic N) is 6. The topological polar surface area (TPSA) is 139 Å². The number of benzene rings is 1. The number of ether oxygens (including phenoxy) is 2. The molecule has 0 saturated carbocycles. The summed E-state index contributed by atoms with van der Waals surface area (Å²) in [6.07, 6.45) is 2.38. The van der Waals surface area contributed by atoms with E-state index in [0.717, 1.165) is 25.9 Å². The molecule has 0 bridgehead atoms. The summed E-state index contributed by atoms with van der Waals surface area (Å²) in [6, 6.07) is 1.90. The van der Waals surface area contributed by atoms with Gasteiger partial charge in [-0.15, -0.1) is 20.4 Å². The number of rotatable bonds is 12. The van der Waals surface area contributed by atoms with Crippen LogP contribution in [0.3, 0.4) is 0 Å². The van der Waals surface area contributed by atoms with Crippen LogP contribution in [0.15, 0.2) is 22.4 Å². The van der Waals surface area contributed by atoms with Crippen LogP contribution in [0.25, 0.3) is 0 Å². The van der Waals surface area contributed by atoms with Crippen molar-refractivity contribution in [3.63, 3.8) is 0 Å². The molecular weight excluding hydrogens is 677 g/mol. The van der Waals surface area contributed by atoms with E-state index in [1.54, 1.807) is 6.07 Å². The number of carbonyl (C=O) groups is 2. The zero-order valence-corrected chi connectivity index (χ0v) is 32.8. The lowest BCUT2D eigenvalue weighted by Gasteiger charge is -2.41. The van der Waals surface area contributed by atoms with Gasteiger partial charge in [0.1, 0.15) is 29.6 Å². The van der Waals surface area contributed by atoms with Gasteiger partial charge in [-0.3, -0.25) is 14.3 Å². The normalized spacial score (nSPS) is 16.6. The van der Waals surface area contributed by atoms with E-state index in [4.69, 9.17) is 9.47 Å². The summed E-state index contributed by atoms with van der Waals surface area (Å²) < 4.78 is 52.3. The van der Waals surface area contributed by atoms with Crippen molar-refractivity contribution in [3.05, 3.63) is 22.7 Å². The van der Waals surface area contributed by atoms with Crippen LogP contribution in [0.2, 0.25) is 0 Å². The van der Waals surface area contributed by atoms with Gasteiger partial charge in [0.15, 0.2) is 22.6 Å². The van der Waals surface area contributed by atoms with Crippen LogP contribution in [0.4, 0.5) is 31.0 Å². The molecule has 12 nitrogen and oxygen atoms in total. The summed E-state index contributed by atoms with van der Waals surface area (Å²) in [7, 11) is 0.790. The average Bonchev–Trinajstić information content (AvgIpc) is 3.58. The number of Topliss-reactive ketones (excluding diaryl/α,β-unsaturated/α-hetero) is 2. The van der Waals surface area contributed by atoms with Gasteiger partial charge in [-0.1, -0.05) is 66.7 Å². The van der Waals surface area contributed by atoms with E-state index in [2.05, 4.69) is 37.1 Å². The summed E-state index contributed by atoms with van der Waals surface area (Å²) in [5.74, 6) is -3.96. The molecule has 2 aliphatic rings. The number of hydrogen-bond acceptors (Lipinski definition) is 12. The van der Waals surface area contributed by atoms with Crippen molar-refractivity contribution in [2.75, 3.05) is 36.9 Å². The van der Waals surface area contributed by atoms with E-state index in [-0.39, 0.29) is 22.6 Å². The molecule has 4 rings (SSSR count). The summed E-state index contributed by atoms with van der Waals surface area (Å²) in [5, 5.41) is 17.3. The van der Waals surface area contributed by atoms with Crippen LogP contribution >= 0.6 is 11.3 Å². The van der Waals surface area contributed by atoms with Crippen molar-refractivity contribution >= 4 is 56.1 Å². The number of hydrogen-bond donors (Lipinski definition) is 1. The molecule has 0 amide bonds. The Morgan fingerprint density at radius 1 is 1.00 bits per heavy atom. The summed E-state index contributed by atoms with van der Waals surface area (Å²) in [6.45, 7) is 20.8. The summed E-state index contributed by atoms with van der Waals surface area (Å²) in [4.78, 5) is 28.7. The lowest BCUT2D eigenvalue weighted by molar-refractivity contribution is -0.127. The number of azo groups is 1. The molecule has 16 heteroatoms. The number of likely N-dealkylation sites (tertiary alicyclic amines) is 1. The Morgan fingerprint density at radius 2 is 1.59 bits per heavy atom. The highest BCUT2D eigenvalue weighted by Gasteiger charge is 2.37. The quantitative estimate of drug-likeness (QED) is 0.169. The third kappa shape index (κ3) is 14.2. The Hall–Kier alpha value is -2.79. The van der Waals surface area contributed by atoms with Crippen molar-refractivity contribution in [1.29, 1.82) is 0 Å². The number of nitrogens with one attached hydrogen (secondary N) is 1. The molecule has 2 atom stereocenters. The van der Waals surface area contributed by atoms with Gasteiger partial charge in [0.25, 0.3) is 5.13 Å². The van der Waals surface area contributed by atoms with Gasteiger partial charge < -0.3 is 19.3 Å². The number of piperidine rings is 1. The van der Waals surface area contributed by atoms with Gasteiger partial charge in [0, 0.05) is 25.9 Å². The maximum Gasteiger partial charge on any atom is 0.330 e. The van der Waals surface area contributed by atoms with E-state index < -0.39 is 40.6 Å². The van der Waals surface area contributed by atoms with Crippen LogP contribution in [0, 0.1) is 0 Å². The molecular formula is C33H57F2N7O5S2. The molecule has 1 fully saturated rings. The van der Waals surface area contributed by atoms with Crippen molar-refractivity contribution in [1.82, 2.24) is 15.1 Å². The summed E-state index contributed by atoms with van der Waals surface area (Å²) >= 11 is 1.19. The molecule has 1 aromatic heterocycles. The summed E-state index contributed by atoms with van der Waals surface area (Å²) in [5.41, 5.74) is 1.22. The standard InChI is InChI=1S/C25H33F2N7O5S2.4C2H6/c1-14(35)23(15(2)36)34-20-12-19(32-41(37)24(26)27)18(11-16(20)5-6-22(34)38-4)28-30-25-31-29-21(40-25)13-39-17-7-9-33(3)10-8-17;4*1-2/h11-12,17,22-24,32H,5-10,13H2,1-4H3;4*1-2H3. The van der Waals surface area contributed by atoms with Gasteiger partial charge in [0.2, 0.25) is 0 Å². The molecule has 2 aromatic rings. The SMILES string of the molecule is CC.CC.CC.CC.COC1CCc2cc(N=Nc3nnc(COC4CCN(C)CC4)s3)c(NS(=O)C(F)F)cc2N1C(C(C)=O)C(C)=O. The fourth-order valence-electron chi connectivity index (χ4n) is 4.95. The Bertz CT molecular complexity index is 1290. The van der Waals surface area contributed by atoms with Gasteiger partial charge in [0.05, 0.1) is 11.8 Å². The Morgan fingerprint density at radius 3 is 2.12 bits per heavy atom. The van der Waals surface area contributed by atoms with Crippen LogP contribution < -0.4 is 9.62 Å². The van der Waals surface area contributed by atoms with Crippen molar-refractivity contribution in [2.45, 2.75) is 126 Å². The van der Waals surface area contributed by atoms with E-state index >= 15 is 0 Å². The number of anilines is 2. The number of fused-ring (bicyclic) bond motifs is 1. The first kappa shape index (κ1) is 46.2. The minimum absolute atomic E-state index is 0.0194. The molecule has 2 aliphatic heterocycles. The van der Waals surface area contributed by atoms with Crippen LogP contribution in [0.1, 0.15) is 99.1 Å². The highest BCUT2D eigenvalue weighted by atomic mass is 32.2. The average molecular weight is 734 g/mol. The third-order valence-electron chi connectivity index (χ3n) is 6.95. The van der Waals surface area contributed by atoms with Crippen molar-refractivity contribution in [3.8, 4) is 0 Å². The predicted octanol–water partition coefficient (Wildman–Crippen LogP) is 8.24. The van der Waals surface area contributed by atoms with Gasteiger partial charge in [-0.25, -0.2) is 4.21 Å². The van der Waals surface area contributed by atoms with Crippen LogP contribution in [-0.4, -0.2) is 82.3 Å². The number of ketones is 2. The molecule has 0 radical (unpaired) electrons. The molecule has 0 aliphatic carbocycles. The monoisotopic (exact) mass is 733 g/mol. The number of halogens is 2. The highest BCUT2D eigenvalue weighted by molar-refractivity contribution is 7.86. The second kappa shape index (κ2) is 25.2. The first-order valence-electron chi connectivity index (χ1n) is 17.1. The first-order valence-corrected chi connectivity index (χ1v) is 19.1. The number of aryl methyl sites for hydroxylation is 1. The molecule has 49 heavy (non-hydrogen) atoms. The lowest BCUT2D eigenvalue weighted by atomic mass is 9.95. The predicted molar refractivity (Wildman–Crippen MR) is 196 cm³/mol. The maximum atomic E-state index is 13.2. The van der Waals surface area contributed by atoms with E-state index in [1.807, 2.05) is 55.4 Å². The molecule has 1 N–H and O–H groups in total. The van der Waals surface area contributed by atoms with Crippen molar-refractivity contribution < 1.29 is 32.1 Å². The number of aromatic nitrogens is 2. The second-order valence-corrected chi connectivity index (χ2v) is 12.1. The molecule has 2 unspecified atom stereocenters. The second-order valence-electron chi connectivity index (χ2n) is 9.91. The van der Waals surface area contributed by atoms with E-state index in [0.29, 0.717) is 35.7 Å². The third-order valence-corrected chi connectivity index (χ3v) is 8.47. The lowest BCUT2D eigenvalue weighted by Crippen LogP contribution is -2.53. The maximum absolute atomic E-state index is 13.2. The molecule has 1 aromatic carbocycles.